The Morgan fingerprint density at radius 3 is 1.38 bits per heavy atom. The van der Waals surface area contributed by atoms with E-state index in [9.17, 15) is 0 Å². The van der Waals surface area contributed by atoms with Crippen LogP contribution in [0.5, 0.6) is 0 Å². The molecule has 1 nitrogen and oxygen atoms in total. The summed E-state index contributed by atoms with van der Waals surface area (Å²) >= 11 is 0.856. The predicted molar refractivity (Wildman–Crippen MR) is 45.4 cm³/mol. The summed E-state index contributed by atoms with van der Waals surface area (Å²) in [6, 6.07) is 1.52. The molecule has 0 atom stereocenters. The van der Waals surface area contributed by atoms with Crippen molar-refractivity contribution in [2.75, 3.05) is 0 Å². The molecule has 8 heavy (non-hydrogen) atoms. The Kier molecular flexibility index (Phi) is 3.73. The van der Waals surface area contributed by atoms with E-state index in [2.05, 4.69) is 31.6 Å². The molecule has 56 valence electrons. The van der Waals surface area contributed by atoms with E-state index in [0.29, 0.717) is 0 Å². The molecule has 0 spiro atoms. The fourth-order valence-corrected chi connectivity index (χ4v) is 0.596. The molecule has 0 aliphatic heterocycles. The average Bonchev–Trinajstić information content (AvgIpc) is 1.64. The first kappa shape index (κ1) is 8.50. The maximum Gasteiger partial charge on any atom is -1.00 e. The van der Waals surface area contributed by atoms with E-state index >= 15 is 0 Å². The smallest absolute Gasteiger partial charge is 1.00 e. The monoisotopic (exact) mass is 180 g/mol. The first-order chi connectivity index (χ1) is 3.55. The summed E-state index contributed by atoms with van der Waals surface area (Å²) in [5, 5.41) is 0. The third-order valence-electron chi connectivity index (χ3n) is 1.63. The Morgan fingerprint density at radius 2 is 1.38 bits per heavy atom. The summed E-state index contributed by atoms with van der Waals surface area (Å²) in [6.07, 6.45) is 0. The van der Waals surface area contributed by atoms with E-state index in [4.69, 9.17) is 0 Å². The molecular formula is C6H20GeN-3. The van der Waals surface area contributed by atoms with Crippen LogP contribution in [0.4, 0.5) is 0 Å². The zero-order valence-corrected chi connectivity index (χ0v) is 10.8. The molecule has 0 fully saturated rings. The van der Waals surface area contributed by atoms with E-state index in [1.807, 2.05) is 0 Å². The van der Waals surface area contributed by atoms with Crippen LogP contribution in [-0.2, 0) is 0 Å². The molecule has 0 radical (unpaired) electrons. The molecule has 0 aromatic carbocycles. The van der Waals surface area contributed by atoms with Crippen LogP contribution < -0.4 is 0 Å². The molecule has 0 rings (SSSR count). The molecule has 0 bridgehead atoms. The van der Waals surface area contributed by atoms with Crippen LogP contribution in [0.25, 0.3) is 0 Å². The minimum absolute atomic E-state index is 0. The van der Waals surface area contributed by atoms with Gasteiger partial charge >= 0.3 is 60.4 Å². The summed E-state index contributed by atoms with van der Waals surface area (Å²) < 4.78 is 2.52. The molecule has 0 aliphatic carbocycles. The van der Waals surface area contributed by atoms with Gasteiger partial charge < -0.3 is 4.28 Å². The quantitative estimate of drug-likeness (QED) is 0.564. The van der Waals surface area contributed by atoms with Crippen LogP contribution in [-0.4, -0.2) is 32.7 Å². The van der Waals surface area contributed by atoms with Gasteiger partial charge in [-0.2, -0.15) is 0 Å². The van der Waals surface area contributed by atoms with Gasteiger partial charge in [0.15, 0.2) is 0 Å². The van der Waals surface area contributed by atoms with Crippen molar-refractivity contribution in [1.82, 2.24) is 3.86 Å². The Hall–Kier alpha value is 0.503. The summed E-state index contributed by atoms with van der Waals surface area (Å²) in [4.78, 5) is 0. The summed E-state index contributed by atoms with van der Waals surface area (Å²) in [5.41, 5.74) is 0. The van der Waals surface area contributed by atoms with Crippen molar-refractivity contribution < 1.29 is 4.28 Å². The second-order valence-electron chi connectivity index (χ2n) is 2.85. The second-order valence-corrected chi connectivity index (χ2v) is 5.02. The summed E-state index contributed by atoms with van der Waals surface area (Å²) in [5.74, 6) is 0. The zero-order valence-electron chi connectivity index (χ0n) is 9.60. The third-order valence-corrected chi connectivity index (χ3v) is 5.96. The maximum absolute atomic E-state index is 2.52. The summed E-state index contributed by atoms with van der Waals surface area (Å²) in [7, 11) is 0. The van der Waals surface area contributed by atoms with Crippen molar-refractivity contribution in [3.05, 3.63) is 0 Å². The Bertz CT molecular complexity index is 62.8. The van der Waals surface area contributed by atoms with Crippen LogP contribution in [0.3, 0.4) is 0 Å². The molecule has 0 unspecified atom stereocenters. The van der Waals surface area contributed by atoms with Crippen LogP contribution >= 0.6 is 0 Å². The largest absolute Gasteiger partial charge is 1.00 e. The number of nitrogens with zero attached hydrogens (tertiary/aromatic N) is 1. The minimum Gasteiger partial charge on any atom is -1.00 e. The second kappa shape index (κ2) is 3.51. The van der Waals surface area contributed by atoms with Crippen LogP contribution in [0.2, 0.25) is 0 Å². The Labute approximate surface area is 65.3 Å². The van der Waals surface area contributed by atoms with E-state index in [1.54, 1.807) is 0 Å². The molecule has 0 N–H and O–H groups in total. The van der Waals surface area contributed by atoms with Gasteiger partial charge in [0, 0.05) is 0 Å². The number of hydrogen-bond donors (Lipinski definition) is 0. The van der Waals surface area contributed by atoms with Crippen LogP contribution in [0, 0.1) is 0 Å². The van der Waals surface area contributed by atoms with Crippen molar-refractivity contribution in [3.63, 3.8) is 0 Å². The van der Waals surface area contributed by atoms with Gasteiger partial charge in [-0.1, -0.05) is 0 Å². The molecular weight excluding hydrogens is 159 g/mol. The van der Waals surface area contributed by atoms with Crippen molar-refractivity contribution >= 4 is 16.7 Å². The van der Waals surface area contributed by atoms with E-state index in [-0.39, 0.29) is 4.28 Å². The van der Waals surface area contributed by atoms with Gasteiger partial charge in [0.05, 0.1) is 0 Å². The Balaban J connectivity index is -0.0000000817. The Morgan fingerprint density at radius 1 is 1.12 bits per heavy atom. The standard InChI is InChI=1S/C6H17GeN.3H/c1-5(2)8(7)6(3)4;;;/h5-6H,1-4,7H3;;;/q;3*-1. The van der Waals surface area contributed by atoms with Gasteiger partial charge in [0.2, 0.25) is 0 Å². The van der Waals surface area contributed by atoms with Gasteiger partial charge in [-0.25, -0.2) is 0 Å². The summed E-state index contributed by atoms with van der Waals surface area (Å²) in [6.45, 7) is 9.02. The fourth-order valence-electron chi connectivity index (χ4n) is 0.596. The van der Waals surface area contributed by atoms with Gasteiger partial charge in [-0.15, -0.1) is 0 Å². The van der Waals surface area contributed by atoms with Crippen molar-refractivity contribution in [1.29, 1.82) is 0 Å². The van der Waals surface area contributed by atoms with Crippen LogP contribution in [0.15, 0.2) is 0 Å². The first-order valence-electron chi connectivity index (χ1n) is 3.27. The first-order valence-corrected chi connectivity index (χ1v) is 5.15. The van der Waals surface area contributed by atoms with Gasteiger partial charge in [-0.3, -0.25) is 0 Å². The van der Waals surface area contributed by atoms with Gasteiger partial charge in [0.1, 0.15) is 0 Å². The maximum atomic E-state index is 2.52. The fraction of sp³-hybridized carbons (Fsp3) is 1.00. The zero-order chi connectivity index (χ0) is 6.73. The van der Waals surface area contributed by atoms with Crippen LogP contribution in [0.1, 0.15) is 32.0 Å². The average molecular weight is 179 g/mol. The normalized spacial score (nSPS) is 12.4. The molecule has 0 aromatic heterocycles. The molecule has 0 amide bonds. The van der Waals surface area contributed by atoms with Gasteiger partial charge in [0.25, 0.3) is 0 Å². The molecule has 2 heteroatoms. The topological polar surface area (TPSA) is 3.24 Å². The molecule has 0 heterocycles. The van der Waals surface area contributed by atoms with Crippen molar-refractivity contribution in [2.45, 2.75) is 39.8 Å². The van der Waals surface area contributed by atoms with E-state index < -0.39 is 0 Å². The number of hydrogen-bond acceptors (Lipinski definition) is 1. The molecule has 0 aliphatic rings. The van der Waals surface area contributed by atoms with Gasteiger partial charge in [-0.05, 0) is 0 Å². The number of rotatable bonds is 2. The van der Waals surface area contributed by atoms with E-state index in [1.165, 1.54) is 0 Å². The van der Waals surface area contributed by atoms with Crippen molar-refractivity contribution in [3.8, 4) is 0 Å². The molecule has 0 aromatic rings. The minimum atomic E-state index is 0. The molecule has 0 saturated heterocycles. The SMILES string of the molecule is CC(C)[N]([GeH3])C(C)C.[H-].[H-].[H-]. The van der Waals surface area contributed by atoms with E-state index in [0.717, 1.165) is 28.8 Å². The third kappa shape index (κ3) is 2.72. The molecule has 0 saturated carbocycles. The predicted octanol–water partition coefficient (Wildman–Crippen LogP) is 0.723. The van der Waals surface area contributed by atoms with Crippen molar-refractivity contribution in [2.24, 2.45) is 0 Å².